The summed E-state index contributed by atoms with van der Waals surface area (Å²) in [6.07, 6.45) is 7.24. The number of carbonyl (C=O) groups excluding carboxylic acids is 1. The van der Waals surface area contributed by atoms with Gasteiger partial charge in [0.1, 0.15) is 0 Å². The summed E-state index contributed by atoms with van der Waals surface area (Å²) in [6.45, 7) is 4.26. The minimum Gasteiger partial charge on any atom is -0.291 e. The van der Waals surface area contributed by atoms with Gasteiger partial charge in [0.05, 0.1) is 6.54 Å². The Hall–Kier alpha value is -4.07. The summed E-state index contributed by atoms with van der Waals surface area (Å²) >= 11 is 0. The SMILES string of the molecule is C/C=C/Cc1cn(C(=O)CCC)c(=O)n1Cc1ccc(-c2ccccc2-c2nn[nH]n2)cc1. The Bertz CT molecular complexity index is 1310. The number of H-pyrrole nitrogens is 1. The molecular weight excluding hydrogens is 416 g/mol. The van der Waals surface area contributed by atoms with Crippen LogP contribution in [0.2, 0.25) is 0 Å². The summed E-state index contributed by atoms with van der Waals surface area (Å²) in [4.78, 5) is 25.4. The number of nitrogens with zero attached hydrogens (tertiary/aromatic N) is 5. The number of aromatic amines is 1. The zero-order chi connectivity index (χ0) is 23.2. The normalized spacial score (nSPS) is 11.3. The van der Waals surface area contributed by atoms with E-state index in [4.69, 9.17) is 0 Å². The molecule has 2 aromatic heterocycles. The van der Waals surface area contributed by atoms with Gasteiger partial charge in [-0.1, -0.05) is 67.6 Å². The average Bonchev–Trinajstić information content (AvgIpc) is 3.48. The van der Waals surface area contributed by atoms with Crippen molar-refractivity contribution >= 4 is 5.91 Å². The van der Waals surface area contributed by atoms with E-state index in [1.54, 1.807) is 10.8 Å². The van der Waals surface area contributed by atoms with Crippen LogP contribution in [0.15, 0.2) is 71.7 Å². The van der Waals surface area contributed by atoms with Gasteiger partial charge in [-0.25, -0.2) is 9.36 Å². The second-order valence-corrected chi connectivity index (χ2v) is 7.75. The lowest BCUT2D eigenvalue weighted by Crippen LogP contribution is -2.29. The van der Waals surface area contributed by atoms with E-state index in [0.29, 0.717) is 31.6 Å². The van der Waals surface area contributed by atoms with Crippen molar-refractivity contribution in [3.8, 4) is 22.5 Å². The maximum absolute atomic E-state index is 13.0. The number of carbonyl (C=O) groups is 1. The number of rotatable bonds is 8. The molecule has 0 spiro atoms. The Morgan fingerprint density at radius 2 is 1.85 bits per heavy atom. The molecule has 0 aliphatic rings. The van der Waals surface area contributed by atoms with Crippen molar-refractivity contribution in [1.29, 1.82) is 0 Å². The van der Waals surface area contributed by atoms with E-state index < -0.39 is 0 Å². The first-order valence-electron chi connectivity index (χ1n) is 11.0. The van der Waals surface area contributed by atoms with E-state index in [1.165, 1.54) is 4.57 Å². The van der Waals surface area contributed by atoms with Gasteiger partial charge in [0, 0.05) is 30.3 Å². The highest BCUT2D eigenvalue weighted by molar-refractivity contribution is 5.80. The van der Waals surface area contributed by atoms with E-state index >= 15 is 0 Å². The fourth-order valence-corrected chi connectivity index (χ4v) is 3.79. The number of aromatic nitrogens is 6. The van der Waals surface area contributed by atoms with Crippen LogP contribution in [0.25, 0.3) is 22.5 Å². The maximum atomic E-state index is 13.0. The lowest BCUT2D eigenvalue weighted by molar-refractivity contribution is 0.0897. The predicted octanol–water partition coefficient (Wildman–Crippen LogP) is 4.10. The van der Waals surface area contributed by atoms with Crippen molar-refractivity contribution in [2.75, 3.05) is 0 Å². The standard InChI is InChI=1S/C25H26N6O2/c1-3-5-9-20-17-31(23(32)8-4-2)25(33)30(20)16-18-12-14-19(15-13-18)21-10-6-7-11-22(21)24-26-28-29-27-24/h3,5-7,10-15,17H,4,8-9,16H2,1-2H3,(H,26,27,28,29)/b5-3+. The zero-order valence-electron chi connectivity index (χ0n) is 18.7. The number of tetrazole rings is 1. The third-order valence-electron chi connectivity index (χ3n) is 5.48. The third-order valence-corrected chi connectivity index (χ3v) is 5.48. The average molecular weight is 443 g/mol. The van der Waals surface area contributed by atoms with Crippen LogP contribution in [0, 0.1) is 0 Å². The molecule has 0 atom stereocenters. The van der Waals surface area contributed by atoms with Gasteiger partial charge >= 0.3 is 5.69 Å². The van der Waals surface area contributed by atoms with Crippen LogP contribution >= 0.6 is 0 Å². The minimum atomic E-state index is -0.292. The van der Waals surface area contributed by atoms with Gasteiger partial charge < -0.3 is 0 Å². The Morgan fingerprint density at radius 1 is 1.09 bits per heavy atom. The molecule has 33 heavy (non-hydrogen) atoms. The Kier molecular flexibility index (Phi) is 6.73. The maximum Gasteiger partial charge on any atom is 0.335 e. The van der Waals surface area contributed by atoms with Crippen LogP contribution in [0.3, 0.4) is 0 Å². The Labute approximate surface area is 191 Å². The molecule has 0 bridgehead atoms. The molecule has 4 rings (SSSR count). The molecule has 168 valence electrons. The van der Waals surface area contributed by atoms with Crippen molar-refractivity contribution in [1.82, 2.24) is 29.8 Å². The van der Waals surface area contributed by atoms with Crippen LogP contribution < -0.4 is 5.69 Å². The predicted molar refractivity (Wildman–Crippen MR) is 127 cm³/mol. The minimum absolute atomic E-state index is 0.170. The van der Waals surface area contributed by atoms with Crippen molar-refractivity contribution in [2.24, 2.45) is 0 Å². The summed E-state index contributed by atoms with van der Waals surface area (Å²) in [6, 6.07) is 15.9. The first-order valence-corrected chi connectivity index (χ1v) is 11.0. The van der Waals surface area contributed by atoms with Crippen LogP contribution in [-0.4, -0.2) is 35.7 Å². The first-order chi connectivity index (χ1) is 16.1. The molecule has 8 nitrogen and oxygen atoms in total. The zero-order valence-corrected chi connectivity index (χ0v) is 18.7. The second kappa shape index (κ2) is 10.0. The van der Waals surface area contributed by atoms with E-state index in [1.807, 2.05) is 74.5 Å². The molecule has 0 radical (unpaired) electrons. The quantitative estimate of drug-likeness (QED) is 0.414. The molecule has 8 heteroatoms. The van der Waals surface area contributed by atoms with Gasteiger partial charge in [0.2, 0.25) is 11.7 Å². The monoisotopic (exact) mass is 442 g/mol. The van der Waals surface area contributed by atoms with E-state index in [9.17, 15) is 9.59 Å². The highest BCUT2D eigenvalue weighted by Crippen LogP contribution is 2.29. The van der Waals surface area contributed by atoms with Crippen molar-refractivity contribution in [3.05, 3.63) is 88.6 Å². The Balaban J connectivity index is 1.64. The molecule has 0 fully saturated rings. The number of imidazole rings is 1. The molecule has 0 saturated heterocycles. The fourth-order valence-electron chi connectivity index (χ4n) is 3.79. The van der Waals surface area contributed by atoms with Gasteiger partial charge in [-0.2, -0.15) is 5.21 Å². The molecule has 4 aromatic rings. The highest BCUT2D eigenvalue weighted by atomic mass is 16.2. The summed E-state index contributed by atoms with van der Waals surface area (Å²) in [7, 11) is 0. The molecule has 0 aliphatic carbocycles. The van der Waals surface area contributed by atoms with E-state index in [2.05, 4.69) is 20.6 Å². The number of nitrogens with one attached hydrogen (secondary N) is 1. The molecule has 0 amide bonds. The lowest BCUT2D eigenvalue weighted by atomic mass is 9.98. The fraction of sp³-hybridized carbons (Fsp3) is 0.240. The van der Waals surface area contributed by atoms with Gasteiger partial charge in [0.25, 0.3) is 0 Å². The third kappa shape index (κ3) is 4.74. The highest BCUT2D eigenvalue weighted by Gasteiger charge is 2.16. The molecule has 2 aromatic carbocycles. The smallest absolute Gasteiger partial charge is 0.291 e. The Morgan fingerprint density at radius 3 is 2.52 bits per heavy atom. The first kappa shape index (κ1) is 22.1. The summed E-state index contributed by atoms with van der Waals surface area (Å²) in [5, 5.41) is 14.3. The van der Waals surface area contributed by atoms with Crippen LogP contribution in [0.5, 0.6) is 0 Å². The second-order valence-electron chi connectivity index (χ2n) is 7.75. The van der Waals surface area contributed by atoms with E-state index in [0.717, 1.165) is 27.9 Å². The topological polar surface area (TPSA) is 98.5 Å². The van der Waals surface area contributed by atoms with Gasteiger partial charge in [-0.15, -0.1) is 10.2 Å². The molecule has 0 aliphatic heterocycles. The molecule has 2 heterocycles. The van der Waals surface area contributed by atoms with Gasteiger partial charge in [0.15, 0.2) is 0 Å². The van der Waals surface area contributed by atoms with Crippen LogP contribution in [-0.2, 0) is 13.0 Å². The van der Waals surface area contributed by atoms with Gasteiger partial charge in [-0.3, -0.25) is 9.36 Å². The van der Waals surface area contributed by atoms with Crippen LogP contribution in [0.4, 0.5) is 0 Å². The number of hydrogen-bond donors (Lipinski definition) is 1. The van der Waals surface area contributed by atoms with Crippen molar-refractivity contribution in [3.63, 3.8) is 0 Å². The molecule has 0 saturated carbocycles. The summed E-state index contributed by atoms with van der Waals surface area (Å²) < 4.78 is 2.92. The number of allylic oxidation sites excluding steroid dienone is 2. The van der Waals surface area contributed by atoms with Crippen molar-refractivity contribution in [2.45, 2.75) is 39.7 Å². The van der Waals surface area contributed by atoms with Crippen LogP contribution in [0.1, 0.15) is 42.7 Å². The van der Waals surface area contributed by atoms with Gasteiger partial charge in [-0.05, 0) is 35.2 Å². The summed E-state index contributed by atoms with van der Waals surface area (Å²) in [5.41, 5.74) is 4.38. The summed E-state index contributed by atoms with van der Waals surface area (Å²) in [5.74, 6) is 0.365. The molecule has 1 N–H and O–H groups in total. The number of benzene rings is 2. The van der Waals surface area contributed by atoms with E-state index in [-0.39, 0.29) is 11.6 Å². The number of hydrogen-bond acceptors (Lipinski definition) is 5. The lowest BCUT2D eigenvalue weighted by Gasteiger charge is -2.09. The largest absolute Gasteiger partial charge is 0.335 e. The molecular formula is C25H26N6O2. The van der Waals surface area contributed by atoms with Crippen molar-refractivity contribution < 1.29 is 4.79 Å². The molecule has 0 unspecified atom stereocenters.